The van der Waals surface area contributed by atoms with E-state index in [0.29, 0.717) is 37.4 Å². The molecule has 4 aromatic rings. The van der Waals surface area contributed by atoms with Gasteiger partial charge in [0.2, 0.25) is 0 Å². The van der Waals surface area contributed by atoms with Gasteiger partial charge in [0, 0.05) is 24.1 Å². The van der Waals surface area contributed by atoms with Crippen molar-refractivity contribution in [1.29, 1.82) is 0 Å². The maximum atomic E-state index is 13.1. The molecule has 0 saturated heterocycles. The van der Waals surface area contributed by atoms with Crippen molar-refractivity contribution in [3.63, 3.8) is 0 Å². The van der Waals surface area contributed by atoms with Crippen LogP contribution in [0.25, 0.3) is 27.0 Å². The van der Waals surface area contributed by atoms with E-state index < -0.39 is 23.1 Å². The number of hydrogen-bond acceptors (Lipinski definition) is 5. The number of fused-ring (bicyclic) bond motifs is 1. The van der Waals surface area contributed by atoms with Crippen molar-refractivity contribution in [2.45, 2.75) is 13.1 Å². The van der Waals surface area contributed by atoms with Crippen LogP contribution in [0.4, 0.5) is 13.2 Å². The highest BCUT2D eigenvalue weighted by Crippen LogP contribution is 2.37. The van der Waals surface area contributed by atoms with Gasteiger partial charge in [0.05, 0.1) is 16.1 Å². The van der Waals surface area contributed by atoms with Crippen molar-refractivity contribution >= 4 is 21.6 Å². The highest BCUT2D eigenvalue weighted by Gasteiger charge is 2.35. The Morgan fingerprint density at radius 1 is 1.10 bits per heavy atom. The van der Waals surface area contributed by atoms with Crippen molar-refractivity contribution in [2.75, 3.05) is 0 Å². The summed E-state index contributed by atoms with van der Waals surface area (Å²) in [5, 5.41) is 11.0. The summed E-state index contributed by atoms with van der Waals surface area (Å²) < 4.78 is 45.4. The van der Waals surface area contributed by atoms with Crippen molar-refractivity contribution in [3.05, 3.63) is 74.6 Å². The molecule has 4 rings (SSSR count). The molecule has 10 heteroatoms. The standard InChI is InChI=1S/C20H14F3N3O3S/c1-10-4-3-5-12(18(10)28)17-13-8-11(6-7-14(13)30-24-17)26-16(27)9-15(20(21,22)23)25(2)19(26)29/h3-9,28H,1-2H3. The molecule has 2 aromatic carbocycles. The Hall–Kier alpha value is -3.40. The maximum absolute atomic E-state index is 13.1. The van der Waals surface area contributed by atoms with Gasteiger partial charge in [-0.05, 0) is 48.3 Å². The number of nitrogens with zero attached hydrogens (tertiary/aromatic N) is 3. The average molecular weight is 433 g/mol. The van der Waals surface area contributed by atoms with Gasteiger partial charge in [-0.15, -0.1) is 0 Å². The zero-order valence-corrected chi connectivity index (χ0v) is 16.5. The topological polar surface area (TPSA) is 77.1 Å². The van der Waals surface area contributed by atoms with Crippen LogP contribution in [-0.4, -0.2) is 18.6 Å². The second-order valence-electron chi connectivity index (χ2n) is 6.73. The third-order valence-corrected chi connectivity index (χ3v) is 5.64. The summed E-state index contributed by atoms with van der Waals surface area (Å²) in [4.78, 5) is 24.9. The molecule has 0 aliphatic heterocycles. The van der Waals surface area contributed by atoms with Crippen LogP contribution in [0.5, 0.6) is 5.75 Å². The highest BCUT2D eigenvalue weighted by atomic mass is 32.1. The van der Waals surface area contributed by atoms with Crippen molar-refractivity contribution < 1.29 is 18.3 Å². The number of aryl methyl sites for hydroxylation is 1. The van der Waals surface area contributed by atoms with E-state index in [1.165, 1.54) is 12.1 Å². The van der Waals surface area contributed by atoms with E-state index in [1.807, 2.05) is 0 Å². The fraction of sp³-hybridized carbons (Fsp3) is 0.150. The van der Waals surface area contributed by atoms with Crippen LogP contribution in [0.15, 0.2) is 52.1 Å². The Balaban J connectivity index is 1.97. The third kappa shape index (κ3) is 3.09. The van der Waals surface area contributed by atoms with E-state index >= 15 is 0 Å². The minimum Gasteiger partial charge on any atom is -0.507 e. The molecule has 0 aliphatic carbocycles. The number of alkyl halides is 3. The monoisotopic (exact) mass is 433 g/mol. The van der Waals surface area contributed by atoms with E-state index in [9.17, 15) is 27.9 Å². The lowest BCUT2D eigenvalue weighted by Crippen LogP contribution is -2.40. The van der Waals surface area contributed by atoms with E-state index in [4.69, 9.17) is 0 Å². The van der Waals surface area contributed by atoms with Crippen LogP contribution >= 0.6 is 11.5 Å². The molecule has 0 atom stereocenters. The molecule has 6 nitrogen and oxygen atoms in total. The molecule has 0 aliphatic rings. The summed E-state index contributed by atoms with van der Waals surface area (Å²) in [6.45, 7) is 1.74. The van der Waals surface area contributed by atoms with Crippen molar-refractivity contribution in [1.82, 2.24) is 13.5 Å². The van der Waals surface area contributed by atoms with Crippen molar-refractivity contribution in [2.24, 2.45) is 7.05 Å². The SMILES string of the molecule is Cc1cccc(-c2nsc3ccc(-n4c(=O)cc(C(F)(F)F)n(C)c4=O)cc23)c1O. The van der Waals surface area contributed by atoms with Crippen LogP contribution in [0, 0.1) is 6.92 Å². The Morgan fingerprint density at radius 3 is 2.53 bits per heavy atom. The summed E-state index contributed by atoms with van der Waals surface area (Å²) in [7, 11) is 0.960. The van der Waals surface area contributed by atoms with Gasteiger partial charge in [-0.1, -0.05) is 12.1 Å². The van der Waals surface area contributed by atoms with Gasteiger partial charge in [0.1, 0.15) is 11.4 Å². The quantitative estimate of drug-likeness (QED) is 0.521. The molecule has 0 bridgehead atoms. The fourth-order valence-electron chi connectivity index (χ4n) is 3.25. The lowest BCUT2D eigenvalue weighted by Gasteiger charge is -2.14. The minimum absolute atomic E-state index is 0.0534. The molecular weight excluding hydrogens is 419 g/mol. The second-order valence-corrected chi connectivity index (χ2v) is 7.53. The fourth-order valence-corrected chi connectivity index (χ4v) is 4.01. The molecule has 0 spiro atoms. The number of aromatic nitrogens is 3. The molecule has 0 radical (unpaired) electrons. The van der Waals surface area contributed by atoms with Crippen LogP contribution in [-0.2, 0) is 13.2 Å². The number of phenolic OH excluding ortho intramolecular Hbond substituents is 1. The molecule has 0 unspecified atom stereocenters. The predicted molar refractivity (Wildman–Crippen MR) is 107 cm³/mol. The van der Waals surface area contributed by atoms with Gasteiger partial charge in [-0.25, -0.2) is 9.36 Å². The number of benzene rings is 2. The van der Waals surface area contributed by atoms with Gasteiger partial charge in [0.25, 0.3) is 5.56 Å². The molecular formula is C20H14F3N3O3S. The first kappa shape index (κ1) is 19.9. The first-order chi connectivity index (χ1) is 14.1. The number of phenols is 1. The van der Waals surface area contributed by atoms with Crippen LogP contribution in [0.3, 0.4) is 0 Å². The molecule has 2 heterocycles. The van der Waals surface area contributed by atoms with E-state index in [1.54, 1.807) is 31.2 Å². The number of para-hydroxylation sites is 1. The Labute approximate surface area is 171 Å². The van der Waals surface area contributed by atoms with Crippen LogP contribution in [0.1, 0.15) is 11.3 Å². The van der Waals surface area contributed by atoms with E-state index in [-0.39, 0.29) is 11.4 Å². The minimum atomic E-state index is -4.83. The molecule has 0 fully saturated rings. The molecule has 0 amide bonds. The van der Waals surface area contributed by atoms with Gasteiger partial charge < -0.3 is 5.11 Å². The van der Waals surface area contributed by atoms with Gasteiger partial charge in [-0.2, -0.15) is 17.5 Å². The number of rotatable bonds is 2. The summed E-state index contributed by atoms with van der Waals surface area (Å²) >= 11 is 1.16. The maximum Gasteiger partial charge on any atom is 0.431 e. The first-order valence-electron chi connectivity index (χ1n) is 8.68. The van der Waals surface area contributed by atoms with Gasteiger partial charge in [-0.3, -0.25) is 9.36 Å². The zero-order valence-electron chi connectivity index (χ0n) is 15.7. The molecule has 0 saturated carbocycles. The second kappa shape index (κ2) is 6.84. The number of aromatic hydroxyl groups is 1. The van der Waals surface area contributed by atoms with Gasteiger partial charge in [0.15, 0.2) is 0 Å². The van der Waals surface area contributed by atoms with E-state index in [2.05, 4.69) is 4.37 Å². The average Bonchev–Trinajstić information content (AvgIpc) is 3.09. The molecule has 30 heavy (non-hydrogen) atoms. The lowest BCUT2D eigenvalue weighted by molar-refractivity contribution is -0.144. The van der Waals surface area contributed by atoms with E-state index in [0.717, 1.165) is 23.3 Å². The Morgan fingerprint density at radius 2 is 1.83 bits per heavy atom. The number of hydrogen-bond donors (Lipinski definition) is 1. The Bertz CT molecular complexity index is 1420. The Kier molecular flexibility index (Phi) is 4.53. The normalized spacial score (nSPS) is 11.9. The lowest BCUT2D eigenvalue weighted by atomic mass is 10.0. The summed E-state index contributed by atoms with van der Waals surface area (Å²) in [5.74, 6) is 0.0534. The third-order valence-electron chi connectivity index (χ3n) is 4.82. The van der Waals surface area contributed by atoms with Gasteiger partial charge >= 0.3 is 11.9 Å². The number of halogens is 3. The van der Waals surface area contributed by atoms with Crippen LogP contribution in [0.2, 0.25) is 0 Å². The summed E-state index contributed by atoms with van der Waals surface area (Å²) in [6, 6.07) is 10.2. The largest absolute Gasteiger partial charge is 0.507 e. The summed E-state index contributed by atoms with van der Waals surface area (Å²) in [5.41, 5.74) is -1.84. The molecule has 1 N–H and O–H groups in total. The zero-order chi connectivity index (χ0) is 21.8. The summed E-state index contributed by atoms with van der Waals surface area (Å²) in [6.07, 6.45) is -4.83. The molecule has 2 aromatic heterocycles. The molecule has 154 valence electrons. The van der Waals surface area contributed by atoms with Crippen LogP contribution < -0.4 is 11.2 Å². The predicted octanol–water partition coefficient (Wildman–Crippen LogP) is 3.85. The smallest absolute Gasteiger partial charge is 0.431 e. The van der Waals surface area contributed by atoms with Crippen molar-refractivity contribution in [3.8, 4) is 22.7 Å². The highest BCUT2D eigenvalue weighted by molar-refractivity contribution is 7.13. The first-order valence-corrected chi connectivity index (χ1v) is 9.46.